The molecule has 0 aliphatic heterocycles. The lowest BCUT2D eigenvalue weighted by Crippen LogP contribution is -1.98. The summed E-state index contributed by atoms with van der Waals surface area (Å²) in [5.74, 6) is 1.25. The molecule has 1 rings (SSSR count). The van der Waals surface area contributed by atoms with Gasteiger partial charge in [0.1, 0.15) is 11.5 Å². The molecule has 94 valence electrons. The fourth-order valence-corrected chi connectivity index (χ4v) is 2.14. The molecule has 1 aromatic rings. The second kappa shape index (κ2) is 6.43. The van der Waals surface area contributed by atoms with Crippen LogP contribution in [0.2, 0.25) is 0 Å². The van der Waals surface area contributed by atoms with Gasteiger partial charge in [0.25, 0.3) is 0 Å². The van der Waals surface area contributed by atoms with Gasteiger partial charge in [-0.2, -0.15) is 0 Å². The van der Waals surface area contributed by atoms with Gasteiger partial charge in [-0.15, -0.1) is 0 Å². The molecule has 0 N–H and O–H groups in total. The first-order chi connectivity index (χ1) is 8.04. The zero-order valence-electron chi connectivity index (χ0n) is 11.3. The Bertz CT molecular complexity index is 394. The quantitative estimate of drug-likeness (QED) is 0.703. The molecule has 0 aliphatic rings. The van der Waals surface area contributed by atoms with E-state index in [0.29, 0.717) is 6.42 Å². The van der Waals surface area contributed by atoms with Gasteiger partial charge in [-0.25, -0.2) is 0 Å². The van der Waals surface area contributed by atoms with Crippen LogP contribution < -0.4 is 4.74 Å². The Morgan fingerprint density at radius 1 is 1.24 bits per heavy atom. The second-order valence-electron chi connectivity index (χ2n) is 4.67. The molecule has 0 aromatic heterocycles. The number of carbonyl (C=O) groups excluding carboxylic acids is 1. The van der Waals surface area contributed by atoms with Crippen molar-refractivity contribution in [2.45, 2.75) is 46.5 Å². The molecule has 0 amide bonds. The molecule has 0 radical (unpaired) electrons. The van der Waals surface area contributed by atoms with Crippen molar-refractivity contribution < 1.29 is 9.53 Å². The van der Waals surface area contributed by atoms with Crippen LogP contribution in [0.5, 0.6) is 5.75 Å². The Labute approximate surface area is 104 Å². The number of benzene rings is 1. The van der Waals surface area contributed by atoms with E-state index in [9.17, 15) is 4.79 Å². The van der Waals surface area contributed by atoms with Crippen LogP contribution in [-0.2, 0) is 11.2 Å². The van der Waals surface area contributed by atoms with Crippen molar-refractivity contribution in [3.63, 3.8) is 0 Å². The summed E-state index contributed by atoms with van der Waals surface area (Å²) in [5.41, 5.74) is 3.79. The summed E-state index contributed by atoms with van der Waals surface area (Å²) in [6, 6.07) is 4.26. The van der Waals surface area contributed by atoms with Crippen molar-refractivity contribution >= 4 is 5.78 Å². The van der Waals surface area contributed by atoms with E-state index in [1.54, 1.807) is 14.0 Å². The number of aryl methyl sites for hydroxylation is 2. The maximum atomic E-state index is 10.9. The second-order valence-corrected chi connectivity index (χ2v) is 4.67. The lowest BCUT2D eigenvalue weighted by Gasteiger charge is -2.12. The van der Waals surface area contributed by atoms with Crippen LogP contribution in [0.3, 0.4) is 0 Å². The summed E-state index contributed by atoms with van der Waals surface area (Å²) >= 11 is 0. The third kappa shape index (κ3) is 4.22. The summed E-state index contributed by atoms with van der Waals surface area (Å²) in [6.07, 6.45) is 3.68. The van der Waals surface area contributed by atoms with E-state index >= 15 is 0 Å². The van der Waals surface area contributed by atoms with Crippen LogP contribution in [-0.4, -0.2) is 12.9 Å². The molecule has 1 aromatic carbocycles. The van der Waals surface area contributed by atoms with Gasteiger partial charge in [-0.05, 0) is 62.8 Å². The van der Waals surface area contributed by atoms with E-state index < -0.39 is 0 Å². The van der Waals surface area contributed by atoms with Gasteiger partial charge in [0.15, 0.2) is 0 Å². The lowest BCUT2D eigenvalue weighted by atomic mass is 9.98. The standard InChI is InChI=1S/C15H22O2/c1-11-9-12(2)14(15(10-11)17-4)8-6-5-7-13(3)16/h9-10H,5-8H2,1-4H3. The molecule has 2 nitrogen and oxygen atoms in total. The average molecular weight is 234 g/mol. The van der Waals surface area contributed by atoms with E-state index in [2.05, 4.69) is 26.0 Å². The van der Waals surface area contributed by atoms with Crippen molar-refractivity contribution in [2.75, 3.05) is 7.11 Å². The van der Waals surface area contributed by atoms with Gasteiger partial charge in [0.2, 0.25) is 0 Å². The molecule has 0 fully saturated rings. The molecule has 0 spiro atoms. The normalized spacial score (nSPS) is 10.4. The summed E-state index contributed by atoms with van der Waals surface area (Å²) in [7, 11) is 1.72. The molecule has 0 saturated heterocycles. The number of carbonyl (C=O) groups is 1. The Morgan fingerprint density at radius 2 is 1.94 bits per heavy atom. The SMILES string of the molecule is COc1cc(C)cc(C)c1CCCCC(C)=O. The van der Waals surface area contributed by atoms with Crippen LogP contribution in [0.15, 0.2) is 12.1 Å². The van der Waals surface area contributed by atoms with Crippen LogP contribution in [0.25, 0.3) is 0 Å². The lowest BCUT2D eigenvalue weighted by molar-refractivity contribution is -0.117. The molecule has 0 unspecified atom stereocenters. The third-order valence-corrected chi connectivity index (χ3v) is 3.00. The first-order valence-electron chi connectivity index (χ1n) is 6.18. The van der Waals surface area contributed by atoms with E-state index in [4.69, 9.17) is 4.74 Å². The molecular weight excluding hydrogens is 212 g/mol. The number of hydrogen-bond donors (Lipinski definition) is 0. The number of hydrogen-bond acceptors (Lipinski definition) is 2. The van der Waals surface area contributed by atoms with Crippen molar-refractivity contribution in [1.29, 1.82) is 0 Å². The Balaban J connectivity index is 2.66. The molecule has 0 heterocycles. The topological polar surface area (TPSA) is 26.3 Å². The van der Waals surface area contributed by atoms with Crippen LogP contribution in [0.1, 0.15) is 42.9 Å². The molecule has 0 atom stereocenters. The Hall–Kier alpha value is -1.31. The van der Waals surface area contributed by atoms with Gasteiger partial charge < -0.3 is 9.53 Å². The predicted octanol–water partition coefficient (Wildman–Crippen LogP) is 3.61. The summed E-state index contributed by atoms with van der Waals surface area (Å²) in [4.78, 5) is 10.9. The summed E-state index contributed by atoms with van der Waals surface area (Å²) < 4.78 is 5.42. The Kier molecular flexibility index (Phi) is 5.20. The zero-order valence-corrected chi connectivity index (χ0v) is 11.3. The molecule has 0 saturated carbocycles. The van der Waals surface area contributed by atoms with Gasteiger partial charge in [-0.1, -0.05) is 6.07 Å². The molecule has 17 heavy (non-hydrogen) atoms. The van der Waals surface area contributed by atoms with Gasteiger partial charge in [0, 0.05) is 6.42 Å². The minimum absolute atomic E-state index is 0.276. The van der Waals surface area contributed by atoms with Crippen molar-refractivity contribution in [1.82, 2.24) is 0 Å². The van der Waals surface area contributed by atoms with Crippen LogP contribution in [0, 0.1) is 13.8 Å². The molecule has 0 aliphatic carbocycles. The summed E-state index contributed by atoms with van der Waals surface area (Å²) in [6.45, 7) is 5.85. The van der Waals surface area contributed by atoms with Crippen LogP contribution in [0.4, 0.5) is 0 Å². The molecule has 0 bridgehead atoms. The predicted molar refractivity (Wildman–Crippen MR) is 70.7 cm³/mol. The van der Waals surface area contributed by atoms with Gasteiger partial charge in [-0.3, -0.25) is 0 Å². The number of rotatable bonds is 6. The number of ether oxygens (including phenoxy) is 1. The highest BCUT2D eigenvalue weighted by Gasteiger charge is 2.07. The first-order valence-corrected chi connectivity index (χ1v) is 6.18. The highest BCUT2D eigenvalue weighted by molar-refractivity contribution is 5.75. The average Bonchev–Trinajstić information content (AvgIpc) is 2.25. The number of unbranched alkanes of at least 4 members (excludes halogenated alkanes) is 1. The fourth-order valence-electron chi connectivity index (χ4n) is 2.14. The maximum Gasteiger partial charge on any atom is 0.129 e. The zero-order chi connectivity index (χ0) is 12.8. The monoisotopic (exact) mass is 234 g/mol. The highest BCUT2D eigenvalue weighted by Crippen LogP contribution is 2.25. The minimum atomic E-state index is 0.276. The maximum absolute atomic E-state index is 10.9. The van der Waals surface area contributed by atoms with Crippen molar-refractivity contribution in [2.24, 2.45) is 0 Å². The van der Waals surface area contributed by atoms with E-state index in [0.717, 1.165) is 25.0 Å². The third-order valence-electron chi connectivity index (χ3n) is 3.00. The molecular formula is C15H22O2. The number of Topliss-reactive ketones (excluding diaryl/α,β-unsaturated/α-hetero) is 1. The minimum Gasteiger partial charge on any atom is -0.496 e. The largest absolute Gasteiger partial charge is 0.496 e. The Morgan fingerprint density at radius 3 is 2.53 bits per heavy atom. The highest BCUT2D eigenvalue weighted by atomic mass is 16.5. The summed E-state index contributed by atoms with van der Waals surface area (Å²) in [5, 5.41) is 0. The molecule has 2 heteroatoms. The van der Waals surface area contributed by atoms with Gasteiger partial charge in [0.05, 0.1) is 7.11 Å². The van der Waals surface area contributed by atoms with Crippen molar-refractivity contribution in [3.05, 3.63) is 28.8 Å². The number of ketones is 1. The van der Waals surface area contributed by atoms with Gasteiger partial charge >= 0.3 is 0 Å². The smallest absolute Gasteiger partial charge is 0.129 e. The van der Waals surface area contributed by atoms with E-state index in [-0.39, 0.29) is 5.78 Å². The van der Waals surface area contributed by atoms with Crippen molar-refractivity contribution in [3.8, 4) is 5.75 Å². The first kappa shape index (κ1) is 13.8. The number of methoxy groups -OCH3 is 1. The fraction of sp³-hybridized carbons (Fsp3) is 0.533. The van der Waals surface area contributed by atoms with E-state index in [1.165, 1.54) is 16.7 Å². The van der Waals surface area contributed by atoms with Crippen LogP contribution >= 0.6 is 0 Å². The van der Waals surface area contributed by atoms with E-state index in [1.807, 2.05) is 0 Å².